The van der Waals surface area contributed by atoms with E-state index < -0.39 is 29.2 Å². The molecule has 8 nitrogen and oxygen atoms in total. The molecule has 11 heteroatoms. The summed E-state index contributed by atoms with van der Waals surface area (Å²) in [6.45, 7) is 0.430. The molecule has 1 saturated heterocycles. The summed E-state index contributed by atoms with van der Waals surface area (Å²) in [6, 6.07) is 15.4. The number of amides is 1. The number of carboxylic acid groups (broad SMARTS) is 1. The molecule has 0 bridgehead atoms. The fourth-order valence-electron chi connectivity index (χ4n) is 5.16. The Morgan fingerprint density at radius 1 is 1.02 bits per heavy atom. The molecule has 3 heterocycles. The highest BCUT2D eigenvalue weighted by atomic mass is 19.1. The molecule has 2 N–H and O–H groups in total. The van der Waals surface area contributed by atoms with Crippen molar-refractivity contribution in [2.75, 3.05) is 11.4 Å². The number of carboxylic acids is 1. The van der Waals surface area contributed by atoms with Crippen LogP contribution in [0.4, 0.5) is 19.0 Å². The van der Waals surface area contributed by atoms with E-state index in [0.717, 1.165) is 23.3 Å². The van der Waals surface area contributed by atoms with Gasteiger partial charge in [-0.05, 0) is 42.2 Å². The average Bonchev–Trinajstić information content (AvgIpc) is 3.71. The Balaban J connectivity index is 1.36. The summed E-state index contributed by atoms with van der Waals surface area (Å²) in [6.07, 6.45) is 3.18. The van der Waals surface area contributed by atoms with E-state index in [1.54, 1.807) is 6.07 Å². The number of anilines is 1. The van der Waals surface area contributed by atoms with E-state index in [1.807, 2.05) is 24.3 Å². The van der Waals surface area contributed by atoms with E-state index in [9.17, 15) is 14.0 Å². The molecule has 3 aromatic carbocycles. The van der Waals surface area contributed by atoms with Gasteiger partial charge in [-0.3, -0.25) is 14.5 Å². The van der Waals surface area contributed by atoms with Gasteiger partial charge in [0, 0.05) is 55.6 Å². The molecule has 0 radical (unpaired) electrons. The topological polar surface area (TPSA) is 100 Å². The first-order valence-electron chi connectivity index (χ1n) is 13.4. The number of nitrogens with zero attached hydrogens (tertiary/aromatic N) is 3. The van der Waals surface area contributed by atoms with E-state index in [-0.39, 0.29) is 34.7 Å². The summed E-state index contributed by atoms with van der Waals surface area (Å²) < 4.78 is 52.0. The van der Waals surface area contributed by atoms with Crippen molar-refractivity contribution in [1.82, 2.24) is 14.8 Å². The Kier molecular flexibility index (Phi) is 7.15. The van der Waals surface area contributed by atoms with Crippen LogP contribution in [0.25, 0.3) is 16.6 Å². The SMILES string of the molecule is O=C(O)CCc1cccc(Cc2cc(N3CCCC3=O)n(-c3cc(Oc4c(F)cc5[nH]ccc5c4F)ccc3F)n2)c1. The highest BCUT2D eigenvalue weighted by Gasteiger charge is 2.27. The fourth-order valence-corrected chi connectivity index (χ4v) is 5.16. The standard InChI is InChI=1S/C31H25F3N4O4/c32-23-8-7-21(42-31-24(33)17-25-22(30(31)34)10-11-35-25)16-26(23)38-27(37-12-2-5-28(37)39)15-20(36-38)14-19-4-1-3-18(13-19)6-9-29(40)41/h1,3-4,7-8,10-11,13,15-17,35H,2,5-6,9,12,14H2,(H,40,41). The van der Waals surface area contributed by atoms with E-state index in [2.05, 4.69) is 10.1 Å². The Bertz CT molecular complexity index is 1830. The molecular formula is C31H25F3N4O4. The van der Waals surface area contributed by atoms with E-state index in [1.165, 1.54) is 34.0 Å². The number of H-pyrrole nitrogens is 1. The van der Waals surface area contributed by atoms with Gasteiger partial charge in [0.15, 0.2) is 17.4 Å². The minimum Gasteiger partial charge on any atom is -0.481 e. The highest BCUT2D eigenvalue weighted by molar-refractivity contribution is 5.94. The molecule has 0 saturated carbocycles. The Labute approximate surface area is 238 Å². The molecule has 1 amide bonds. The third-order valence-corrected chi connectivity index (χ3v) is 7.16. The second kappa shape index (κ2) is 11.1. The van der Waals surface area contributed by atoms with Crippen LogP contribution in [0, 0.1) is 17.5 Å². The lowest BCUT2D eigenvalue weighted by Gasteiger charge is -2.18. The lowest BCUT2D eigenvalue weighted by atomic mass is 10.0. The van der Waals surface area contributed by atoms with Gasteiger partial charge in [-0.15, -0.1) is 0 Å². The number of aryl methyl sites for hydroxylation is 1. The number of carbonyl (C=O) groups excluding carboxylic acids is 1. The van der Waals surface area contributed by atoms with Gasteiger partial charge in [0.05, 0.1) is 11.2 Å². The third kappa shape index (κ3) is 5.32. The first-order valence-corrected chi connectivity index (χ1v) is 13.4. The van der Waals surface area contributed by atoms with Crippen molar-refractivity contribution >= 4 is 28.6 Å². The monoisotopic (exact) mass is 574 g/mol. The van der Waals surface area contributed by atoms with Gasteiger partial charge >= 0.3 is 5.97 Å². The zero-order chi connectivity index (χ0) is 29.4. The molecule has 6 rings (SSSR count). The predicted molar refractivity (Wildman–Crippen MR) is 149 cm³/mol. The zero-order valence-corrected chi connectivity index (χ0v) is 22.2. The minimum atomic E-state index is -0.927. The molecule has 0 aliphatic carbocycles. The molecule has 0 atom stereocenters. The van der Waals surface area contributed by atoms with Crippen molar-refractivity contribution in [3.8, 4) is 17.2 Å². The number of aromatic nitrogens is 3. The lowest BCUT2D eigenvalue weighted by molar-refractivity contribution is -0.137. The first-order chi connectivity index (χ1) is 20.3. The lowest BCUT2D eigenvalue weighted by Crippen LogP contribution is -2.26. The number of ether oxygens (including phenoxy) is 1. The van der Waals surface area contributed by atoms with Crippen molar-refractivity contribution in [3.63, 3.8) is 0 Å². The number of halogens is 3. The molecule has 214 valence electrons. The maximum Gasteiger partial charge on any atom is 0.303 e. The fraction of sp³-hybridized carbons (Fsp3) is 0.194. The zero-order valence-electron chi connectivity index (χ0n) is 22.2. The summed E-state index contributed by atoms with van der Waals surface area (Å²) >= 11 is 0. The van der Waals surface area contributed by atoms with Crippen molar-refractivity contribution in [1.29, 1.82) is 0 Å². The van der Waals surface area contributed by atoms with Crippen LogP contribution in [-0.2, 0) is 22.4 Å². The maximum absolute atomic E-state index is 15.3. The van der Waals surface area contributed by atoms with Gasteiger partial charge in [-0.25, -0.2) is 17.9 Å². The van der Waals surface area contributed by atoms with Crippen LogP contribution >= 0.6 is 0 Å². The van der Waals surface area contributed by atoms with Crippen LogP contribution in [0.1, 0.15) is 36.1 Å². The predicted octanol–water partition coefficient (Wildman–Crippen LogP) is 6.30. The summed E-state index contributed by atoms with van der Waals surface area (Å²) in [4.78, 5) is 27.9. The summed E-state index contributed by atoms with van der Waals surface area (Å²) in [7, 11) is 0. The Morgan fingerprint density at radius 3 is 2.64 bits per heavy atom. The Morgan fingerprint density at radius 2 is 1.86 bits per heavy atom. The normalized spacial score (nSPS) is 13.3. The van der Waals surface area contributed by atoms with Crippen LogP contribution in [-0.4, -0.2) is 38.3 Å². The molecule has 1 aliphatic heterocycles. The summed E-state index contributed by atoms with van der Waals surface area (Å²) in [5, 5.41) is 13.8. The summed E-state index contributed by atoms with van der Waals surface area (Å²) in [5.41, 5.74) is 2.48. The van der Waals surface area contributed by atoms with Crippen molar-refractivity contribution in [3.05, 3.63) is 101 Å². The van der Waals surface area contributed by atoms with E-state index in [4.69, 9.17) is 9.84 Å². The van der Waals surface area contributed by atoms with E-state index in [0.29, 0.717) is 43.7 Å². The number of benzene rings is 3. The van der Waals surface area contributed by atoms with Crippen LogP contribution in [0.15, 0.2) is 66.9 Å². The third-order valence-electron chi connectivity index (χ3n) is 7.16. The smallest absolute Gasteiger partial charge is 0.303 e. The van der Waals surface area contributed by atoms with Crippen LogP contribution in [0.3, 0.4) is 0 Å². The van der Waals surface area contributed by atoms with Gasteiger partial charge in [-0.1, -0.05) is 24.3 Å². The quantitative estimate of drug-likeness (QED) is 0.215. The first kappa shape index (κ1) is 27.1. The Hall–Kier alpha value is -5.06. The number of carbonyl (C=O) groups is 2. The number of aliphatic carboxylic acids is 1. The molecule has 1 aliphatic rings. The maximum atomic E-state index is 15.3. The second-order valence-corrected chi connectivity index (χ2v) is 10.1. The summed E-state index contributed by atoms with van der Waals surface area (Å²) in [5.74, 6) is -3.81. The number of fused-ring (bicyclic) bond motifs is 1. The average molecular weight is 575 g/mol. The van der Waals surface area contributed by atoms with Crippen LogP contribution < -0.4 is 9.64 Å². The van der Waals surface area contributed by atoms with Gasteiger partial charge in [0.1, 0.15) is 23.1 Å². The van der Waals surface area contributed by atoms with Gasteiger partial charge in [-0.2, -0.15) is 5.10 Å². The number of aromatic amines is 1. The van der Waals surface area contributed by atoms with Crippen molar-refractivity contribution < 1.29 is 32.6 Å². The highest BCUT2D eigenvalue weighted by Crippen LogP contribution is 2.35. The number of hydrogen-bond acceptors (Lipinski definition) is 4. The molecule has 42 heavy (non-hydrogen) atoms. The molecule has 1 fully saturated rings. The number of hydrogen-bond donors (Lipinski definition) is 2. The van der Waals surface area contributed by atoms with Crippen molar-refractivity contribution in [2.45, 2.75) is 32.1 Å². The van der Waals surface area contributed by atoms with Gasteiger partial charge in [0.2, 0.25) is 5.91 Å². The van der Waals surface area contributed by atoms with Gasteiger partial charge in [0.25, 0.3) is 0 Å². The van der Waals surface area contributed by atoms with Crippen molar-refractivity contribution in [2.24, 2.45) is 0 Å². The van der Waals surface area contributed by atoms with E-state index >= 15 is 8.78 Å². The van der Waals surface area contributed by atoms with Crippen LogP contribution in [0.5, 0.6) is 11.5 Å². The largest absolute Gasteiger partial charge is 0.481 e. The molecule has 5 aromatic rings. The molecule has 0 unspecified atom stereocenters. The minimum absolute atomic E-state index is 0.00380. The molecular weight excluding hydrogens is 549 g/mol. The molecule has 0 spiro atoms. The van der Waals surface area contributed by atoms with Crippen LogP contribution in [0.2, 0.25) is 0 Å². The second-order valence-electron chi connectivity index (χ2n) is 10.1. The number of rotatable bonds is 9. The van der Waals surface area contributed by atoms with Gasteiger partial charge < -0.3 is 14.8 Å². The number of nitrogens with one attached hydrogen (secondary N) is 1. The molecule has 2 aromatic heterocycles.